The maximum atomic E-state index is 4.44. The van der Waals surface area contributed by atoms with Crippen molar-refractivity contribution in [3.63, 3.8) is 0 Å². The summed E-state index contributed by atoms with van der Waals surface area (Å²) in [4.78, 5) is 0. The van der Waals surface area contributed by atoms with Crippen molar-refractivity contribution >= 4 is 16.7 Å². The Labute approximate surface area is 382 Å². The summed E-state index contributed by atoms with van der Waals surface area (Å²) in [5, 5.41) is 0. The van der Waals surface area contributed by atoms with Crippen LogP contribution in [0.25, 0.3) is 39.0 Å². The van der Waals surface area contributed by atoms with Crippen molar-refractivity contribution in [1.29, 1.82) is 0 Å². The summed E-state index contributed by atoms with van der Waals surface area (Å²) < 4.78 is 0. The fraction of sp³-hybridized carbons (Fsp3) is 0.156. The van der Waals surface area contributed by atoms with E-state index in [1.165, 1.54) is 101 Å². The molecule has 7 aromatic rings. The van der Waals surface area contributed by atoms with Crippen molar-refractivity contribution in [1.82, 2.24) is 0 Å². The van der Waals surface area contributed by atoms with Gasteiger partial charge in [-0.25, -0.2) is 0 Å². The molecule has 11 rings (SSSR count). The van der Waals surface area contributed by atoms with Crippen LogP contribution < -0.4 is 0 Å². The molecular formula is C64H58. The van der Waals surface area contributed by atoms with Crippen LogP contribution in [0.4, 0.5) is 0 Å². The Bertz CT molecular complexity index is 3020. The Morgan fingerprint density at radius 3 is 1.62 bits per heavy atom. The molecule has 0 heterocycles. The molecule has 0 fully saturated rings. The number of benzene rings is 7. The molecule has 0 saturated carbocycles. The van der Waals surface area contributed by atoms with Crippen LogP contribution in [0.15, 0.2) is 218 Å². The van der Waals surface area contributed by atoms with Crippen molar-refractivity contribution < 1.29 is 0 Å². The predicted molar refractivity (Wildman–Crippen MR) is 275 cm³/mol. The van der Waals surface area contributed by atoms with E-state index in [2.05, 4.69) is 230 Å². The molecule has 7 aromatic carbocycles. The molecule has 1 unspecified atom stereocenters. The highest BCUT2D eigenvalue weighted by Gasteiger charge is 2.49. The molecule has 0 bridgehead atoms. The highest BCUT2D eigenvalue weighted by atomic mass is 14.5. The third-order valence-electron chi connectivity index (χ3n) is 13.8. The van der Waals surface area contributed by atoms with Gasteiger partial charge in [-0.1, -0.05) is 200 Å². The molecule has 0 aliphatic heterocycles. The fourth-order valence-electron chi connectivity index (χ4n) is 10.6. The lowest BCUT2D eigenvalue weighted by atomic mass is 9.61. The predicted octanol–water partition coefficient (Wildman–Crippen LogP) is 16.9. The summed E-state index contributed by atoms with van der Waals surface area (Å²) in [6.07, 6.45) is 9.66. The van der Waals surface area contributed by atoms with Crippen molar-refractivity contribution in [2.75, 3.05) is 0 Å². The number of allylic oxidation sites excluding steroid dienone is 9. The van der Waals surface area contributed by atoms with E-state index in [0.29, 0.717) is 5.92 Å². The smallest absolute Gasteiger partial charge is 0.0719 e. The van der Waals surface area contributed by atoms with Gasteiger partial charge in [0.05, 0.1) is 5.41 Å². The van der Waals surface area contributed by atoms with Crippen LogP contribution in [0.2, 0.25) is 0 Å². The fourth-order valence-corrected chi connectivity index (χ4v) is 10.6. The molecule has 64 heavy (non-hydrogen) atoms. The highest BCUT2D eigenvalue weighted by Crippen LogP contribution is 2.60. The zero-order valence-electron chi connectivity index (χ0n) is 38.1. The summed E-state index contributed by atoms with van der Waals surface area (Å²) in [5.41, 5.74) is 27.9. The van der Waals surface area contributed by atoms with E-state index >= 15 is 0 Å². The number of fused-ring (bicyclic) bond motifs is 9. The Hall–Kier alpha value is -7.02. The van der Waals surface area contributed by atoms with Crippen molar-refractivity contribution in [2.45, 2.75) is 59.3 Å². The lowest BCUT2D eigenvalue weighted by molar-refractivity contribution is 0.722. The van der Waals surface area contributed by atoms with Crippen molar-refractivity contribution in [3.05, 3.63) is 280 Å². The van der Waals surface area contributed by atoms with E-state index in [4.69, 9.17) is 0 Å². The van der Waals surface area contributed by atoms with Crippen LogP contribution in [0.1, 0.15) is 94.8 Å². The van der Waals surface area contributed by atoms with E-state index in [0.717, 1.165) is 24.0 Å². The molecule has 0 saturated heterocycles. The quantitative estimate of drug-likeness (QED) is 0.147. The first-order valence-electron chi connectivity index (χ1n) is 22.8. The highest BCUT2D eigenvalue weighted by molar-refractivity contribution is 5.90. The standard InChI is InChI=1S/C36H28.C18H20.C10H10/c1-23(2)30-22-35-26(21-31(30)27-14-6-4-12-24(27)3)20-25-13-5-9-17-32(25)36(35)33-18-10-7-15-28(33)29-16-8-11-19-34(29)36;1-5-15-10-8-12-16(13(2)3)18(15)17-11-7-6-9-14(17)4;1-8-7-10(8)9-5-3-2-4-6-9/h4-19,21-22H,1,20H2,2-3H3;5-9,11-12,15H,1-2,10H2,3-4H3;2-6H,7H2,1H3. The molecule has 314 valence electrons. The maximum Gasteiger partial charge on any atom is 0.0719 e. The number of hydrogen-bond donors (Lipinski definition) is 0. The summed E-state index contributed by atoms with van der Waals surface area (Å²) in [6, 6.07) is 59.9. The van der Waals surface area contributed by atoms with E-state index in [1.54, 1.807) is 11.1 Å². The van der Waals surface area contributed by atoms with Crippen LogP contribution in [-0.2, 0) is 11.8 Å². The number of hydrogen-bond acceptors (Lipinski definition) is 0. The number of aryl methyl sites for hydroxylation is 2. The van der Waals surface area contributed by atoms with Crippen LogP contribution in [-0.4, -0.2) is 0 Å². The van der Waals surface area contributed by atoms with Gasteiger partial charge in [0.2, 0.25) is 0 Å². The monoisotopic (exact) mass is 826 g/mol. The maximum absolute atomic E-state index is 4.44. The molecule has 4 aliphatic carbocycles. The van der Waals surface area contributed by atoms with Gasteiger partial charge in [-0.05, 0) is 166 Å². The van der Waals surface area contributed by atoms with E-state index in [9.17, 15) is 0 Å². The topological polar surface area (TPSA) is 0 Å². The van der Waals surface area contributed by atoms with Gasteiger partial charge in [0.15, 0.2) is 0 Å². The minimum atomic E-state index is -0.328. The lowest BCUT2D eigenvalue weighted by Crippen LogP contribution is -2.34. The van der Waals surface area contributed by atoms with Crippen molar-refractivity contribution in [2.24, 2.45) is 5.92 Å². The van der Waals surface area contributed by atoms with Crippen LogP contribution >= 0.6 is 0 Å². The second-order valence-electron chi connectivity index (χ2n) is 18.0. The molecule has 4 aliphatic rings. The largest absolute Gasteiger partial charge is 0.102 e. The first-order chi connectivity index (χ1) is 31.1. The lowest BCUT2D eigenvalue weighted by Gasteiger charge is -2.41. The average molecular weight is 827 g/mol. The van der Waals surface area contributed by atoms with Crippen LogP contribution in [0, 0.1) is 19.8 Å². The molecular weight excluding hydrogens is 769 g/mol. The Morgan fingerprint density at radius 2 is 1.06 bits per heavy atom. The summed E-state index contributed by atoms with van der Waals surface area (Å²) in [7, 11) is 0. The molecule has 0 radical (unpaired) electrons. The molecule has 0 amide bonds. The zero-order valence-corrected chi connectivity index (χ0v) is 38.1. The van der Waals surface area contributed by atoms with Gasteiger partial charge in [0.1, 0.15) is 0 Å². The first-order valence-corrected chi connectivity index (χ1v) is 22.8. The Kier molecular flexibility index (Phi) is 11.6. The van der Waals surface area contributed by atoms with Gasteiger partial charge in [-0.3, -0.25) is 0 Å². The molecule has 1 spiro atoms. The minimum absolute atomic E-state index is 0.328. The molecule has 0 heteroatoms. The van der Waals surface area contributed by atoms with Gasteiger partial charge >= 0.3 is 0 Å². The molecule has 0 nitrogen and oxygen atoms in total. The van der Waals surface area contributed by atoms with Gasteiger partial charge in [0, 0.05) is 5.92 Å². The third kappa shape index (κ3) is 7.52. The second-order valence-corrected chi connectivity index (χ2v) is 18.0. The van der Waals surface area contributed by atoms with E-state index in [1.807, 2.05) is 6.08 Å². The summed E-state index contributed by atoms with van der Waals surface area (Å²) in [5.74, 6) is 0.391. The van der Waals surface area contributed by atoms with E-state index < -0.39 is 0 Å². The molecule has 0 N–H and O–H groups in total. The van der Waals surface area contributed by atoms with E-state index in [-0.39, 0.29) is 5.41 Å². The summed E-state index contributed by atoms with van der Waals surface area (Å²) in [6.45, 7) is 23.3. The Balaban J connectivity index is 0.000000152. The second kappa shape index (κ2) is 17.6. The molecule has 1 atom stereocenters. The van der Waals surface area contributed by atoms with Gasteiger partial charge in [-0.2, -0.15) is 0 Å². The Morgan fingerprint density at radius 1 is 0.531 bits per heavy atom. The van der Waals surface area contributed by atoms with Gasteiger partial charge in [0.25, 0.3) is 0 Å². The minimum Gasteiger partial charge on any atom is -0.102 e. The van der Waals surface area contributed by atoms with Gasteiger partial charge in [-0.15, -0.1) is 6.58 Å². The summed E-state index contributed by atoms with van der Waals surface area (Å²) >= 11 is 0. The SMILES string of the molecule is C=C(C)c1cc2c(cc1-c1ccccc1C)Cc1ccccc1C21c2ccccc2-c2ccccc21.C=CC1CC=CC(C(=C)C)=C1c1ccccc1C.CC1=C(c2ccccc2)C1. The molecule has 0 aromatic heterocycles. The average Bonchev–Trinajstić information content (AvgIpc) is 4.00. The zero-order chi connectivity index (χ0) is 44.5. The van der Waals surface area contributed by atoms with Gasteiger partial charge < -0.3 is 0 Å². The van der Waals surface area contributed by atoms with Crippen molar-refractivity contribution in [3.8, 4) is 22.3 Å². The van der Waals surface area contributed by atoms with Crippen LogP contribution in [0.5, 0.6) is 0 Å². The number of rotatable bonds is 6. The first kappa shape index (κ1) is 42.3. The third-order valence-corrected chi connectivity index (χ3v) is 13.8. The van der Waals surface area contributed by atoms with Crippen LogP contribution in [0.3, 0.4) is 0 Å². The normalized spacial score (nSPS) is 15.7.